The molecular formula is C21H26ClFN4OS. The number of hydrogen-bond donors (Lipinski definition) is 2. The fourth-order valence-electron chi connectivity index (χ4n) is 3.88. The lowest BCUT2D eigenvalue weighted by molar-refractivity contribution is 0.0177. The van der Waals surface area contributed by atoms with Crippen molar-refractivity contribution in [2.45, 2.75) is 24.4 Å². The normalized spacial score (nSPS) is 23.6. The van der Waals surface area contributed by atoms with Crippen LogP contribution in [-0.2, 0) is 4.74 Å². The highest BCUT2D eigenvalue weighted by molar-refractivity contribution is 7.10. The van der Waals surface area contributed by atoms with Crippen molar-refractivity contribution in [3.63, 3.8) is 0 Å². The molecule has 3 unspecified atom stereocenters. The number of nitrogens with one attached hydrogen (secondary N) is 2. The molecule has 2 heterocycles. The summed E-state index contributed by atoms with van der Waals surface area (Å²) >= 11 is 7.99. The fourth-order valence-corrected chi connectivity index (χ4v) is 5.05. The van der Waals surface area contributed by atoms with Gasteiger partial charge in [-0.1, -0.05) is 23.7 Å². The number of thiophene rings is 1. The highest BCUT2D eigenvalue weighted by atomic mass is 35.5. The molecule has 4 rings (SSSR count). The van der Waals surface area contributed by atoms with E-state index in [0.717, 1.165) is 45.2 Å². The third-order valence-corrected chi connectivity index (χ3v) is 6.83. The van der Waals surface area contributed by atoms with Gasteiger partial charge in [-0.05, 0) is 30.0 Å². The van der Waals surface area contributed by atoms with Crippen LogP contribution in [0.25, 0.3) is 0 Å². The number of benzene rings is 1. The van der Waals surface area contributed by atoms with Crippen molar-refractivity contribution in [2.75, 3.05) is 39.9 Å². The van der Waals surface area contributed by atoms with E-state index in [2.05, 4.69) is 38.0 Å². The smallest absolute Gasteiger partial charge is 0.191 e. The van der Waals surface area contributed by atoms with Gasteiger partial charge in [0.15, 0.2) is 5.96 Å². The lowest BCUT2D eigenvalue weighted by Gasteiger charge is -2.34. The van der Waals surface area contributed by atoms with Gasteiger partial charge in [0.1, 0.15) is 5.82 Å². The van der Waals surface area contributed by atoms with Crippen LogP contribution in [0.15, 0.2) is 40.7 Å². The molecule has 1 aromatic carbocycles. The minimum atomic E-state index is -0.236. The maximum absolute atomic E-state index is 14.2. The van der Waals surface area contributed by atoms with Gasteiger partial charge in [0.2, 0.25) is 0 Å². The van der Waals surface area contributed by atoms with Crippen LogP contribution in [-0.4, -0.2) is 56.8 Å². The molecule has 2 N–H and O–H groups in total. The number of morpholine rings is 1. The summed E-state index contributed by atoms with van der Waals surface area (Å²) in [6.45, 7) is 4.13. The molecule has 1 saturated heterocycles. The molecule has 1 aliphatic heterocycles. The molecule has 1 aliphatic carbocycles. The quantitative estimate of drug-likeness (QED) is 0.536. The van der Waals surface area contributed by atoms with Crippen molar-refractivity contribution in [1.82, 2.24) is 15.5 Å². The van der Waals surface area contributed by atoms with E-state index in [-0.39, 0.29) is 23.8 Å². The second-order valence-electron chi connectivity index (χ2n) is 7.36. The second kappa shape index (κ2) is 9.43. The first-order valence-electron chi connectivity index (χ1n) is 9.93. The van der Waals surface area contributed by atoms with Gasteiger partial charge in [0.05, 0.1) is 19.3 Å². The molecule has 0 radical (unpaired) electrons. The van der Waals surface area contributed by atoms with Crippen molar-refractivity contribution < 1.29 is 9.13 Å². The summed E-state index contributed by atoms with van der Waals surface area (Å²) in [6, 6.07) is 9.54. The predicted molar refractivity (Wildman–Crippen MR) is 117 cm³/mol. The number of nitrogens with zero attached hydrogens (tertiary/aromatic N) is 2. The third-order valence-electron chi connectivity index (χ3n) is 5.53. The Morgan fingerprint density at radius 1 is 1.34 bits per heavy atom. The summed E-state index contributed by atoms with van der Waals surface area (Å²) < 4.78 is 19.7. The summed E-state index contributed by atoms with van der Waals surface area (Å²) in [5.74, 6) is 0.578. The van der Waals surface area contributed by atoms with Crippen LogP contribution in [0.2, 0.25) is 5.02 Å². The molecule has 2 aromatic rings. The Hall–Kier alpha value is -1.67. The summed E-state index contributed by atoms with van der Waals surface area (Å²) in [6.07, 6.45) is 0.846. The van der Waals surface area contributed by atoms with Crippen LogP contribution in [0.5, 0.6) is 0 Å². The lowest BCUT2D eigenvalue weighted by Crippen LogP contribution is -2.46. The zero-order valence-corrected chi connectivity index (χ0v) is 18.0. The SMILES string of the molecule is CN=C(NCC(c1cccs1)N1CCOCC1)NC1CC1c1c(F)cccc1Cl. The van der Waals surface area contributed by atoms with E-state index < -0.39 is 0 Å². The number of aliphatic imine (C=N–C) groups is 1. The summed E-state index contributed by atoms with van der Waals surface area (Å²) in [5, 5.41) is 9.49. The average molecular weight is 437 g/mol. The van der Waals surface area contributed by atoms with Crippen LogP contribution >= 0.6 is 22.9 Å². The van der Waals surface area contributed by atoms with Crippen LogP contribution in [0.1, 0.15) is 28.8 Å². The van der Waals surface area contributed by atoms with Gasteiger partial charge in [-0.3, -0.25) is 9.89 Å². The molecule has 1 saturated carbocycles. The number of rotatable bonds is 6. The van der Waals surface area contributed by atoms with Crippen molar-refractivity contribution in [3.8, 4) is 0 Å². The van der Waals surface area contributed by atoms with Crippen LogP contribution in [0.4, 0.5) is 4.39 Å². The predicted octanol–water partition coefficient (Wildman–Crippen LogP) is 3.64. The molecule has 3 atom stereocenters. The summed E-state index contributed by atoms with van der Waals surface area (Å²) in [5.41, 5.74) is 0.604. The monoisotopic (exact) mass is 436 g/mol. The molecule has 0 bridgehead atoms. The summed E-state index contributed by atoms with van der Waals surface area (Å²) in [4.78, 5) is 8.15. The van der Waals surface area contributed by atoms with Crippen molar-refractivity contribution >= 4 is 28.9 Å². The highest BCUT2D eigenvalue weighted by Crippen LogP contribution is 2.44. The van der Waals surface area contributed by atoms with E-state index in [9.17, 15) is 4.39 Å². The molecule has 1 aromatic heterocycles. The maximum atomic E-state index is 14.2. The Morgan fingerprint density at radius 2 is 2.17 bits per heavy atom. The molecule has 0 spiro atoms. The minimum absolute atomic E-state index is 0.0783. The lowest BCUT2D eigenvalue weighted by atomic mass is 10.1. The van der Waals surface area contributed by atoms with Crippen LogP contribution in [0, 0.1) is 5.82 Å². The Balaban J connectivity index is 1.36. The number of halogens is 2. The van der Waals surface area contributed by atoms with Gasteiger partial charge in [0.25, 0.3) is 0 Å². The molecule has 2 fully saturated rings. The molecule has 29 heavy (non-hydrogen) atoms. The molecule has 156 valence electrons. The fraction of sp³-hybridized carbons (Fsp3) is 0.476. The van der Waals surface area contributed by atoms with Gasteiger partial charge < -0.3 is 15.4 Å². The third kappa shape index (κ3) is 4.91. The first-order valence-corrected chi connectivity index (χ1v) is 11.2. The average Bonchev–Trinajstić information content (AvgIpc) is 3.25. The van der Waals surface area contributed by atoms with Crippen molar-refractivity contribution in [3.05, 3.63) is 57.0 Å². The second-order valence-corrected chi connectivity index (χ2v) is 8.75. The zero-order valence-electron chi connectivity index (χ0n) is 16.4. The van der Waals surface area contributed by atoms with Gasteiger partial charge in [-0.2, -0.15) is 0 Å². The number of ether oxygens (including phenoxy) is 1. The van der Waals surface area contributed by atoms with Crippen LogP contribution < -0.4 is 10.6 Å². The first kappa shape index (κ1) is 20.6. The van der Waals surface area contributed by atoms with E-state index in [1.54, 1.807) is 30.5 Å². The molecule has 8 heteroatoms. The highest BCUT2D eigenvalue weighted by Gasteiger charge is 2.42. The van der Waals surface area contributed by atoms with Gasteiger partial charge in [-0.15, -0.1) is 11.3 Å². The van der Waals surface area contributed by atoms with Gasteiger partial charge in [0, 0.05) is 54.1 Å². The number of guanidine groups is 1. The molecule has 5 nitrogen and oxygen atoms in total. The van der Waals surface area contributed by atoms with Gasteiger partial charge in [-0.25, -0.2) is 4.39 Å². The number of hydrogen-bond acceptors (Lipinski definition) is 4. The van der Waals surface area contributed by atoms with Crippen LogP contribution in [0.3, 0.4) is 0 Å². The van der Waals surface area contributed by atoms with Crippen molar-refractivity contribution in [2.24, 2.45) is 4.99 Å². The van der Waals surface area contributed by atoms with Gasteiger partial charge >= 0.3 is 0 Å². The van der Waals surface area contributed by atoms with E-state index in [0.29, 0.717) is 10.6 Å². The molecular weight excluding hydrogens is 411 g/mol. The zero-order chi connectivity index (χ0) is 20.2. The minimum Gasteiger partial charge on any atom is -0.379 e. The van der Waals surface area contributed by atoms with E-state index in [1.165, 1.54) is 10.9 Å². The molecule has 0 amide bonds. The Labute approximate surface area is 179 Å². The van der Waals surface area contributed by atoms with Crippen molar-refractivity contribution in [1.29, 1.82) is 0 Å². The maximum Gasteiger partial charge on any atom is 0.191 e. The van der Waals surface area contributed by atoms with E-state index in [4.69, 9.17) is 16.3 Å². The Bertz CT molecular complexity index is 821. The molecule has 2 aliphatic rings. The van der Waals surface area contributed by atoms with E-state index >= 15 is 0 Å². The topological polar surface area (TPSA) is 48.9 Å². The standard InChI is InChI=1S/C21H26ClFN4OS/c1-24-21(26-17-12-14(17)20-15(22)4-2-5-16(20)23)25-13-18(19-6-3-11-29-19)27-7-9-28-10-8-27/h2-6,11,14,17-18H,7-10,12-13H2,1H3,(H2,24,25,26). The summed E-state index contributed by atoms with van der Waals surface area (Å²) in [7, 11) is 1.76. The Morgan fingerprint density at radius 3 is 2.86 bits per heavy atom. The largest absolute Gasteiger partial charge is 0.379 e. The van der Waals surface area contributed by atoms with E-state index in [1.807, 2.05) is 0 Å². The Kier molecular flexibility index (Phi) is 6.70. The first-order chi connectivity index (χ1) is 14.2.